The molecule has 3 heterocycles. The molecule has 9 nitrogen and oxygen atoms in total. The molecule has 2 aromatic carbocycles. The molecule has 5 rings (SSSR count). The summed E-state index contributed by atoms with van der Waals surface area (Å²) in [5, 5.41) is 13.6. The van der Waals surface area contributed by atoms with E-state index >= 15 is 0 Å². The van der Waals surface area contributed by atoms with Crippen molar-refractivity contribution in [3.8, 4) is 16.9 Å². The number of thiocarbonyl (C=S) groups is 1. The molecule has 256 valence electrons. The van der Waals surface area contributed by atoms with E-state index in [1.54, 1.807) is 32.1 Å². The fourth-order valence-corrected chi connectivity index (χ4v) is 8.97. The van der Waals surface area contributed by atoms with E-state index < -0.39 is 16.0 Å². The van der Waals surface area contributed by atoms with Crippen LogP contribution in [0.5, 0.6) is 0 Å². The standard InChI is InChI=1S/C36H44N4O5S3/c41-33(42)21-12-5-3-1-2-4-6-15-24-39-35(43)32(47-36(39)46)26-29-27-40(30-18-10-9-11-19-30)37-34(29)28-17-16-20-31(25-28)48(44,45)38-22-13-7-8-14-23-38/h9-11,16-20,25-27H,1-8,12-15,21-24H2,(H,41,42). The van der Waals surface area contributed by atoms with Crippen LogP contribution < -0.4 is 0 Å². The zero-order chi connectivity index (χ0) is 33.9. The van der Waals surface area contributed by atoms with Crippen molar-refractivity contribution in [1.29, 1.82) is 0 Å². The first-order valence-corrected chi connectivity index (χ1v) is 19.6. The van der Waals surface area contributed by atoms with Gasteiger partial charge in [0.05, 0.1) is 15.5 Å². The number of rotatable bonds is 16. The summed E-state index contributed by atoms with van der Waals surface area (Å²) in [6, 6.07) is 16.6. The minimum absolute atomic E-state index is 0.126. The number of hydrogen-bond donors (Lipinski definition) is 1. The van der Waals surface area contributed by atoms with Gasteiger partial charge in [-0.2, -0.15) is 9.40 Å². The molecule has 2 saturated heterocycles. The van der Waals surface area contributed by atoms with Crippen LogP contribution in [0.25, 0.3) is 23.0 Å². The van der Waals surface area contributed by atoms with Crippen molar-refractivity contribution in [3.05, 3.63) is 71.3 Å². The maximum absolute atomic E-state index is 13.6. The molecule has 3 aromatic rings. The second kappa shape index (κ2) is 17.4. The molecule has 2 fully saturated rings. The number of thioether (sulfide) groups is 1. The van der Waals surface area contributed by atoms with Gasteiger partial charge in [0, 0.05) is 43.4 Å². The summed E-state index contributed by atoms with van der Waals surface area (Å²) in [5.74, 6) is -0.858. The lowest BCUT2D eigenvalue weighted by Gasteiger charge is -2.20. The second-order valence-corrected chi connectivity index (χ2v) is 16.0. The summed E-state index contributed by atoms with van der Waals surface area (Å²) >= 11 is 6.90. The zero-order valence-electron chi connectivity index (χ0n) is 27.3. The number of aliphatic carboxylic acids is 1. The van der Waals surface area contributed by atoms with Crippen LogP contribution in [0, 0.1) is 0 Å². The summed E-state index contributed by atoms with van der Waals surface area (Å²) in [5.41, 5.74) is 2.79. The smallest absolute Gasteiger partial charge is 0.303 e. The highest BCUT2D eigenvalue weighted by Gasteiger charge is 2.32. The van der Waals surface area contributed by atoms with Crippen molar-refractivity contribution in [3.63, 3.8) is 0 Å². The van der Waals surface area contributed by atoms with Crippen molar-refractivity contribution in [2.45, 2.75) is 88.4 Å². The van der Waals surface area contributed by atoms with Crippen LogP contribution in [-0.4, -0.2) is 68.3 Å². The molecule has 2 aliphatic rings. The quantitative estimate of drug-likeness (QED) is 0.0908. The summed E-state index contributed by atoms with van der Waals surface area (Å²) in [7, 11) is -3.66. The Balaban J connectivity index is 1.30. The number of carbonyl (C=O) groups is 2. The topological polar surface area (TPSA) is 113 Å². The molecule has 0 atom stereocenters. The van der Waals surface area contributed by atoms with Crippen LogP contribution in [0.3, 0.4) is 0 Å². The van der Waals surface area contributed by atoms with E-state index in [9.17, 15) is 18.0 Å². The Hall–Kier alpha value is -3.32. The summed E-state index contributed by atoms with van der Waals surface area (Å²) in [6.45, 7) is 1.62. The molecule has 0 bridgehead atoms. The van der Waals surface area contributed by atoms with Gasteiger partial charge in [-0.15, -0.1) is 0 Å². The van der Waals surface area contributed by atoms with Crippen molar-refractivity contribution in [1.82, 2.24) is 19.0 Å². The van der Waals surface area contributed by atoms with Gasteiger partial charge in [-0.1, -0.05) is 106 Å². The van der Waals surface area contributed by atoms with Gasteiger partial charge in [-0.3, -0.25) is 14.5 Å². The van der Waals surface area contributed by atoms with E-state index in [0.29, 0.717) is 45.7 Å². The Morgan fingerprint density at radius 3 is 2.25 bits per heavy atom. The van der Waals surface area contributed by atoms with Gasteiger partial charge in [-0.25, -0.2) is 13.1 Å². The van der Waals surface area contributed by atoms with Gasteiger partial charge in [0.2, 0.25) is 10.0 Å². The number of carboxylic acids is 1. The van der Waals surface area contributed by atoms with Crippen molar-refractivity contribution in [2.75, 3.05) is 19.6 Å². The first-order chi connectivity index (χ1) is 23.2. The van der Waals surface area contributed by atoms with Crippen LogP contribution in [0.1, 0.15) is 89.0 Å². The number of unbranched alkanes of at least 4 members (excludes halogenated alkanes) is 7. The number of carboxylic acid groups (broad SMARTS) is 1. The number of amides is 1. The number of sulfonamides is 1. The molecular formula is C36H44N4O5S3. The number of para-hydroxylation sites is 1. The zero-order valence-corrected chi connectivity index (χ0v) is 29.7. The molecule has 0 aliphatic carbocycles. The second-order valence-electron chi connectivity index (χ2n) is 12.4. The fourth-order valence-electron chi connectivity index (χ4n) is 6.11. The van der Waals surface area contributed by atoms with E-state index in [1.165, 1.54) is 11.8 Å². The normalized spacial score (nSPS) is 16.9. The minimum Gasteiger partial charge on any atom is -0.481 e. The first-order valence-electron chi connectivity index (χ1n) is 17.0. The van der Waals surface area contributed by atoms with Gasteiger partial charge >= 0.3 is 5.97 Å². The lowest BCUT2D eigenvalue weighted by Crippen LogP contribution is -2.31. The fraction of sp³-hybridized carbons (Fsp3) is 0.444. The number of carbonyl (C=O) groups excluding carboxylic acids is 1. The number of nitrogens with zero attached hydrogens (tertiary/aromatic N) is 4. The maximum Gasteiger partial charge on any atom is 0.303 e. The van der Waals surface area contributed by atoms with E-state index in [4.69, 9.17) is 22.4 Å². The third kappa shape index (κ3) is 9.43. The molecular weight excluding hydrogens is 665 g/mol. The molecule has 2 aliphatic heterocycles. The molecule has 1 amide bonds. The third-order valence-electron chi connectivity index (χ3n) is 8.76. The Kier molecular flexibility index (Phi) is 13.0. The molecule has 0 unspecified atom stereocenters. The molecule has 0 spiro atoms. The van der Waals surface area contributed by atoms with Gasteiger partial charge in [0.1, 0.15) is 10.0 Å². The highest BCUT2D eigenvalue weighted by atomic mass is 32.2. The van der Waals surface area contributed by atoms with E-state index in [2.05, 4.69) is 0 Å². The van der Waals surface area contributed by atoms with Crippen molar-refractivity contribution in [2.24, 2.45) is 0 Å². The average Bonchev–Trinajstić information content (AvgIpc) is 3.46. The van der Waals surface area contributed by atoms with Crippen LogP contribution >= 0.6 is 24.0 Å². The Morgan fingerprint density at radius 2 is 1.56 bits per heavy atom. The highest BCUT2D eigenvalue weighted by Crippen LogP contribution is 2.36. The van der Waals surface area contributed by atoms with Crippen molar-refractivity contribution >= 4 is 56.3 Å². The predicted octanol–water partition coefficient (Wildman–Crippen LogP) is 7.90. The lowest BCUT2D eigenvalue weighted by molar-refractivity contribution is -0.137. The first kappa shape index (κ1) is 36.0. The van der Waals surface area contributed by atoms with E-state index in [1.807, 2.05) is 48.7 Å². The average molecular weight is 709 g/mol. The van der Waals surface area contributed by atoms with Crippen LogP contribution in [0.2, 0.25) is 0 Å². The van der Waals surface area contributed by atoms with Gasteiger partial charge in [-0.05, 0) is 56.0 Å². The molecule has 1 aromatic heterocycles. The van der Waals surface area contributed by atoms with E-state index in [0.717, 1.165) is 82.7 Å². The number of aromatic nitrogens is 2. The Labute approximate surface area is 293 Å². The summed E-state index contributed by atoms with van der Waals surface area (Å²) in [4.78, 5) is 26.6. The van der Waals surface area contributed by atoms with E-state index in [-0.39, 0.29) is 17.2 Å². The number of benzene rings is 2. The SMILES string of the molecule is O=C(O)CCCCCCCCCCN1C(=O)C(=Cc2cn(-c3ccccc3)nc2-c2cccc(S(=O)(=O)N3CCCCCC3)c2)SC1=S. The van der Waals surface area contributed by atoms with Gasteiger partial charge in [0.15, 0.2) is 0 Å². The Bertz CT molecular complexity index is 1710. The summed E-state index contributed by atoms with van der Waals surface area (Å²) < 4.78 is 31.2. The van der Waals surface area contributed by atoms with Gasteiger partial charge < -0.3 is 5.11 Å². The monoisotopic (exact) mass is 708 g/mol. The van der Waals surface area contributed by atoms with Crippen LogP contribution in [0.4, 0.5) is 0 Å². The molecule has 0 radical (unpaired) electrons. The molecule has 0 saturated carbocycles. The largest absolute Gasteiger partial charge is 0.481 e. The van der Waals surface area contributed by atoms with Crippen LogP contribution in [-0.2, 0) is 19.6 Å². The lowest BCUT2D eigenvalue weighted by atomic mass is 10.1. The summed E-state index contributed by atoms with van der Waals surface area (Å²) in [6.07, 6.45) is 15.6. The number of hydrogen-bond acceptors (Lipinski definition) is 7. The predicted molar refractivity (Wildman–Crippen MR) is 195 cm³/mol. The molecule has 48 heavy (non-hydrogen) atoms. The third-order valence-corrected chi connectivity index (χ3v) is 12.0. The molecule has 1 N–H and O–H groups in total. The maximum atomic E-state index is 13.6. The van der Waals surface area contributed by atoms with Gasteiger partial charge in [0.25, 0.3) is 5.91 Å². The van der Waals surface area contributed by atoms with Crippen molar-refractivity contribution < 1.29 is 23.1 Å². The highest BCUT2D eigenvalue weighted by molar-refractivity contribution is 8.26. The van der Waals surface area contributed by atoms with Crippen LogP contribution in [0.15, 0.2) is 70.6 Å². The molecule has 12 heteroatoms. The minimum atomic E-state index is -3.66. The Morgan fingerprint density at radius 1 is 0.896 bits per heavy atom.